The van der Waals surface area contributed by atoms with Gasteiger partial charge in [-0.2, -0.15) is 0 Å². The van der Waals surface area contributed by atoms with E-state index in [2.05, 4.69) is 41.4 Å². The standard InChI is InChI=1S/C14H25N3S/c1-4-6-15-13-5-7-17(12(3)8-13)9-14-16-11(2)10-18-14/h10,12-13,15H,4-9H2,1-3H3. The van der Waals surface area contributed by atoms with Gasteiger partial charge in [0, 0.05) is 29.7 Å². The molecular weight excluding hydrogens is 242 g/mol. The molecule has 1 N–H and O–H groups in total. The highest BCUT2D eigenvalue weighted by Gasteiger charge is 2.25. The maximum atomic E-state index is 4.57. The van der Waals surface area contributed by atoms with Crippen LogP contribution >= 0.6 is 11.3 Å². The van der Waals surface area contributed by atoms with Gasteiger partial charge in [-0.25, -0.2) is 4.98 Å². The van der Waals surface area contributed by atoms with Crippen LogP contribution in [0.1, 0.15) is 43.8 Å². The molecule has 2 heterocycles. The molecule has 0 aromatic carbocycles. The average molecular weight is 267 g/mol. The van der Waals surface area contributed by atoms with Crippen molar-refractivity contribution in [2.24, 2.45) is 0 Å². The molecule has 0 spiro atoms. The molecule has 1 aliphatic rings. The third-order valence-corrected chi connectivity index (χ3v) is 4.65. The largest absolute Gasteiger partial charge is 0.314 e. The Morgan fingerprint density at radius 2 is 2.39 bits per heavy atom. The molecule has 1 aromatic rings. The molecule has 4 heteroatoms. The molecule has 0 radical (unpaired) electrons. The number of rotatable bonds is 5. The molecular formula is C14H25N3S. The normalized spacial score (nSPS) is 25.5. The first kappa shape index (κ1) is 14.0. The van der Waals surface area contributed by atoms with E-state index in [1.807, 2.05) is 0 Å². The number of hydrogen-bond donors (Lipinski definition) is 1. The first-order chi connectivity index (χ1) is 8.69. The van der Waals surface area contributed by atoms with Crippen LogP contribution in [0.15, 0.2) is 5.38 Å². The Balaban J connectivity index is 1.82. The van der Waals surface area contributed by atoms with E-state index in [-0.39, 0.29) is 0 Å². The average Bonchev–Trinajstić information content (AvgIpc) is 2.75. The van der Waals surface area contributed by atoms with Crippen LogP contribution in [-0.4, -0.2) is 35.1 Å². The van der Waals surface area contributed by atoms with Gasteiger partial charge in [-0.1, -0.05) is 6.92 Å². The lowest BCUT2D eigenvalue weighted by molar-refractivity contribution is 0.128. The maximum absolute atomic E-state index is 4.57. The highest BCUT2D eigenvalue weighted by molar-refractivity contribution is 7.09. The summed E-state index contributed by atoms with van der Waals surface area (Å²) in [4.78, 5) is 7.14. The van der Waals surface area contributed by atoms with Crippen molar-refractivity contribution in [2.75, 3.05) is 13.1 Å². The van der Waals surface area contributed by atoms with Gasteiger partial charge in [0.1, 0.15) is 5.01 Å². The molecule has 2 atom stereocenters. The van der Waals surface area contributed by atoms with Gasteiger partial charge in [-0.05, 0) is 39.7 Å². The lowest BCUT2D eigenvalue weighted by Crippen LogP contribution is -2.47. The van der Waals surface area contributed by atoms with Gasteiger partial charge < -0.3 is 5.32 Å². The van der Waals surface area contributed by atoms with E-state index in [1.54, 1.807) is 11.3 Å². The van der Waals surface area contributed by atoms with Crippen LogP contribution in [0.5, 0.6) is 0 Å². The van der Waals surface area contributed by atoms with Gasteiger partial charge >= 0.3 is 0 Å². The van der Waals surface area contributed by atoms with Crippen LogP contribution in [0.3, 0.4) is 0 Å². The van der Waals surface area contributed by atoms with Gasteiger partial charge in [0.25, 0.3) is 0 Å². The van der Waals surface area contributed by atoms with Gasteiger partial charge in [0.15, 0.2) is 0 Å². The van der Waals surface area contributed by atoms with Crippen LogP contribution in [-0.2, 0) is 6.54 Å². The van der Waals surface area contributed by atoms with E-state index in [9.17, 15) is 0 Å². The smallest absolute Gasteiger partial charge is 0.107 e. The van der Waals surface area contributed by atoms with E-state index in [0.717, 1.165) is 18.8 Å². The zero-order chi connectivity index (χ0) is 13.0. The molecule has 1 aromatic heterocycles. The number of nitrogens with zero attached hydrogens (tertiary/aromatic N) is 2. The van der Waals surface area contributed by atoms with Crippen LogP contribution in [0.2, 0.25) is 0 Å². The van der Waals surface area contributed by atoms with Crippen molar-refractivity contribution in [2.45, 2.75) is 58.7 Å². The molecule has 2 rings (SSSR count). The number of thiazole rings is 1. The van der Waals surface area contributed by atoms with E-state index < -0.39 is 0 Å². The summed E-state index contributed by atoms with van der Waals surface area (Å²) in [7, 11) is 0. The summed E-state index contributed by atoms with van der Waals surface area (Å²) < 4.78 is 0. The number of aryl methyl sites for hydroxylation is 1. The first-order valence-electron chi connectivity index (χ1n) is 7.07. The number of hydrogen-bond acceptors (Lipinski definition) is 4. The molecule has 0 amide bonds. The Bertz CT molecular complexity index is 364. The van der Waals surface area contributed by atoms with Crippen LogP contribution in [0.4, 0.5) is 0 Å². The van der Waals surface area contributed by atoms with Crippen molar-refractivity contribution in [3.05, 3.63) is 16.1 Å². The molecule has 0 aliphatic carbocycles. The Labute approximate surface area is 115 Å². The molecule has 0 saturated carbocycles. The van der Waals surface area contributed by atoms with Crippen molar-refractivity contribution in [1.82, 2.24) is 15.2 Å². The number of piperidine rings is 1. The molecule has 18 heavy (non-hydrogen) atoms. The van der Waals surface area contributed by atoms with E-state index in [0.29, 0.717) is 12.1 Å². The van der Waals surface area contributed by atoms with E-state index in [1.165, 1.54) is 30.8 Å². The first-order valence-corrected chi connectivity index (χ1v) is 7.95. The fourth-order valence-corrected chi connectivity index (χ4v) is 3.43. The fraction of sp³-hybridized carbons (Fsp3) is 0.786. The Hall–Kier alpha value is -0.450. The molecule has 1 fully saturated rings. The zero-order valence-electron chi connectivity index (χ0n) is 11.8. The lowest BCUT2D eigenvalue weighted by atomic mass is 9.98. The van der Waals surface area contributed by atoms with Crippen molar-refractivity contribution >= 4 is 11.3 Å². The second kappa shape index (κ2) is 6.64. The van der Waals surface area contributed by atoms with Crippen LogP contribution < -0.4 is 5.32 Å². The zero-order valence-corrected chi connectivity index (χ0v) is 12.6. The summed E-state index contributed by atoms with van der Waals surface area (Å²) in [5.41, 5.74) is 1.15. The minimum absolute atomic E-state index is 0.664. The van der Waals surface area contributed by atoms with Crippen molar-refractivity contribution in [1.29, 1.82) is 0 Å². The van der Waals surface area contributed by atoms with Crippen molar-refractivity contribution < 1.29 is 0 Å². The van der Waals surface area contributed by atoms with Gasteiger partial charge in [0.2, 0.25) is 0 Å². The van der Waals surface area contributed by atoms with E-state index in [4.69, 9.17) is 0 Å². The topological polar surface area (TPSA) is 28.2 Å². The Kier molecular flexibility index (Phi) is 5.15. The van der Waals surface area contributed by atoms with Crippen LogP contribution in [0, 0.1) is 6.92 Å². The lowest BCUT2D eigenvalue weighted by Gasteiger charge is -2.37. The minimum Gasteiger partial charge on any atom is -0.314 e. The quantitative estimate of drug-likeness (QED) is 0.889. The Morgan fingerprint density at radius 3 is 3.00 bits per heavy atom. The second-order valence-corrected chi connectivity index (χ2v) is 6.32. The number of likely N-dealkylation sites (tertiary alicyclic amines) is 1. The fourth-order valence-electron chi connectivity index (χ4n) is 2.64. The summed E-state index contributed by atoms with van der Waals surface area (Å²) >= 11 is 1.79. The number of aromatic nitrogens is 1. The molecule has 102 valence electrons. The summed E-state index contributed by atoms with van der Waals surface area (Å²) in [5.74, 6) is 0. The molecule has 2 unspecified atom stereocenters. The summed E-state index contributed by atoms with van der Waals surface area (Å²) in [6.45, 7) is 10.0. The molecule has 1 saturated heterocycles. The molecule has 1 aliphatic heterocycles. The SMILES string of the molecule is CCCNC1CCN(Cc2nc(C)cs2)C(C)C1. The monoisotopic (exact) mass is 267 g/mol. The van der Waals surface area contributed by atoms with Crippen LogP contribution in [0.25, 0.3) is 0 Å². The van der Waals surface area contributed by atoms with Gasteiger partial charge in [0.05, 0.1) is 6.54 Å². The minimum atomic E-state index is 0.664. The predicted molar refractivity (Wildman–Crippen MR) is 78.0 cm³/mol. The van der Waals surface area contributed by atoms with Gasteiger partial charge in [-0.3, -0.25) is 4.90 Å². The predicted octanol–water partition coefficient (Wildman–Crippen LogP) is 2.80. The van der Waals surface area contributed by atoms with Crippen molar-refractivity contribution in [3.63, 3.8) is 0 Å². The highest BCUT2D eigenvalue weighted by Crippen LogP contribution is 2.21. The maximum Gasteiger partial charge on any atom is 0.107 e. The Morgan fingerprint density at radius 1 is 1.56 bits per heavy atom. The highest BCUT2D eigenvalue weighted by atomic mass is 32.1. The van der Waals surface area contributed by atoms with Gasteiger partial charge in [-0.15, -0.1) is 11.3 Å². The summed E-state index contributed by atoms with van der Waals surface area (Å²) in [6.07, 6.45) is 3.77. The molecule has 3 nitrogen and oxygen atoms in total. The van der Waals surface area contributed by atoms with E-state index >= 15 is 0 Å². The number of nitrogens with one attached hydrogen (secondary N) is 1. The third kappa shape index (κ3) is 3.77. The third-order valence-electron chi connectivity index (χ3n) is 3.70. The molecule has 0 bridgehead atoms. The summed E-state index contributed by atoms with van der Waals surface area (Å²) in [5, 5.41) is 7.06. The van der Waals surface area contributed by atoms with Crippen molar-refractivity contribution in [3.8, 4) is 0 Å². The summed E-state index contributed by atoms with van der Waals surface area (Å²) in [6, 6.07) is 1.38. The second-order valence-electron chi connectivity index (χ2n) is 5.38.